The predicted octanol–water partition coefficient (Wildman–Crippen LogP) is 3.44. The van der Waals surface area contributed by atoms with Gasteiger partial charge in [0, 0.05) is 4.47 Å². The molecule has 2 aromatic rings. The van der Waals surface area contributed by atoms with E-state index >= 15 is 0 Å². The number of fused-ring (bicyclic) bond motifs is 1. The first kappa shape index (κ1) is 8.20. The van der Waals surface area contributed by atoms with E-state index in [0.29, 0.717) is 0 Å². The maximum atomic E-state index is 4.42. The summed E-state index contributed by atoms with van der Waals surface area (Å²) in [6, 6.07) is 6.06. The van der Waals surface area contributed by atoms with Crippen molar-refractivity contribution in [1.29, 1.82) is 0 Å². The minimum absolute atomic E-state index is 0.770. The van der Waals surface area contributed by atoms with E-state index in [9.17, 15) is 0 Å². The molecule has 0 atom stereocenters. The topological polar surface area (TPSA) is 12.9 Å². The van der Waals surface area contributed by atoms with Crippen molar-refractivity contribution in [2.75, 3.05) is 0 Å². The van der Waals surface area contributed by atoms with Crippen LogP contribution in [0.25, 0.3) is 10.2 Å². The third-order valence-corrected chi connectivity index (χ3v) is 3.71. The molecular formula is C9H7BrNS. The quantitative estimate of drug-likeness (QED) is 0.745. The Morgan fingerprint density at radius 1 is 1.50 bits per heavy atom. The van der Waals surface area contributed by atoms with E-state index in [1.54, 1.807) is 11.3 Å². The van der Waals surface area contributed by atoms with Gasteiger partial charge < -0.3 is 0 Å². The van der Waals surface area contributed by atoms with Crippen molar-refractivity contribution in [2.24, 2.45) is 0 Å². The lowest BCUT2D eigenvalue weighted by molar-refractivity contribution is 1.21. The zero-order valence-electron chi connectivity index (χ0n) is 6.38. The van der Waals surface area contributed by atoms with Crippen LogP contribution >= 0.6 is 27.3 Å². The summed E-state index contributed by atoms with van der Waals surface area (Å²) in [5.74, 6) is 0. The molecule has 0 bridgehead atoms. The number of hydrogen-bond acceptors (Lipinski definition) is 2. The van der Waals surface area contributed by atoms with Crippen LogP contribution in [-0.4, -0.2) is 4.98 Å². The number of aromatic nitrogens is 1. The Hall–Kier alpha value is -0.410. The van der Waals surface area contributed by atoms with Crippen molar-refractivity contribution in [1.82, 2.24) is 4.98 Å². The second-order valence-electron chi connectivity index (χ2n) is 2.45. The van der Waals surface area contributed by atoms with Gasteiger partial charge in [-0.2, -0.15) is 0 Å². The summed E-state index contributed by atoms with van der Waals surface area (Å²) in [5.41, 5.74) is 1.06. The highest BCUT2D eigenvalue weighted by Gasteiger charge is 2.03. The smallest absolute Gasteiger partial charge is 0.0939 e. The molecular weight excluding hydrogens is 234 g/mol. The van der Waals surface area contributed by atoms with E-state index < -0.39 is 0 Å². The van der Waals surface area contributed by atoms with Crippen molar-refractivity contribution >= 4 is 37.5 Å². The van der Waals surface area contributed by atoms with E-state index in [0.717, 1.165) is 21.4 Å². The first-order valence-corrected chi connectivity index (χ1v) is 5.25. The maximum Gasteiger partial charge on any atom is 0.0939 e. The normalized spacial score (nSPS) is 10.8. The van der Waals surface area contributed by atoms with E-state index in [4.69, 9.17) is 0 Å². The van der Waals surface area contributed by atoms with Crippen LogP contribution < -0.4 is 0 Å². The number of hydrogen-bond donors (Lipinski definition) is 0. The monoisotopic (exact) mass is 240 g/mol. The third-order valence-electron chi connectivity index (χ3n) is 1.63. The van der Waals surface area contributed by atoms with Crippen molar-refractivity contribution in [2.45, 2.75) is 6.42 Å². The molecule has 0 aliphatic heterocycles. The van der Waals surface area contributed by atoms with Gasteiger partial charge in [0.1, 0.15) is 0 Å². The molecule has 0 aliphatic rings. The fourth-order valence-electron chi connectivity index (χ4n) is 1.07. The highest BCUT2D eigenvalue weighted by atomic mass is 79.9. The standard InChI is InChI=1S/C9H7BrNS/c1-2-8-11-7-5-3-4-6(10)9(7)12-8/h3-5H,1-2H2. The van der Waals surface area contributed by atoms with E-state index in [-0.39, 0.29) is 0 Å². The molecule has 0 N–H and O–H groups in total. The molecule has 0 saturated carbocycles. The minimum atomic E-state index is 0.770. The van der Waals surface area contributed by atoms with E-state index in [1.165, 1.54) is 4.70 Å². The Morgan fingerprint density at radius 2 is 2.33 bits per heavy atom. The molecule has 12 heavy (non-hydrogen) atoms. The van der Waals surface area contributed by atoms with Gasteiger partial charge >= 0.3 is 0 Å². The molecule has 1 nitrogen and oxygen atoms in total. The van der Waals surface area contributed by atoms with Gasteiger partial charge in [0.05, 0.1) is 15.2 Å². The second-order valence-corrected chi connectivity index (χ2v) is 4.38. The summed E-state index contributed by atoms with van der Waals surface area (Å²) in [7, 11) is 0. The molecule has 1 aromatic heterocycles. The van der Waals surface area contributed by atoms with Gasteiger partial charge in [0.2, 0.25) is 0 Å². The van der Waals surface area contributed by atoms with Gasteiger partial charge in [-0.25, -0.2) is 4.98 Å². The fraction of sp³-hybridized carbons (Fsp3) is 0.111. The number of thiazole rings is 1. The molecule has 1 radical (unpaired) electrons. The molecule has 0 unspecified atom stereocenters. The van der Waals surface area contributed by atoms with Crippen LogP contribution in [0.5, 0.6) is 0 Å². The summed E-state index contributed by atoms with van der Waals surface area (Å²) in [5, 5.41) is 1.09. The second kappa shape index (κ2) is 3.15. The number of benzene rings is 1. The Kier molecular flexibility index (Phi) is 2.15. The maximum absolute atomic E-state index is 4.42. The zero-order valence-corrected chi connectivity index (χ0v) is 8.78. The molecule has 1 heterocycles. The van der Waals surface area contributed by atoms with Crippen molar-refractivity contribution in [3.8, 4) is 0 Å². The van der Waals surface area contributed by atoms with Gasteiger partial charge in [0.25, 0.3) is 0 Å². The van der Waals surface area contributed by atoms with Crippen LogP contribution in [-0.2, 0) is 6.42 Å². The highest BCUT2D eigenvalue weighted by molar-refractivity contribution is 9.10. The summed E-state index contributed by atoms with van der Waals surface area (Å²) in [6.07, 6.45) is 0.770. The van der Waals surface area contributed by atoms with Gasteiger partial charge in [0.15, 0.2) is 0 Å². The minimum Gasteiger partial charge on any atom is -0.241 e. The first-order chi connectivity index (χ1) is 5.81. The Labute approximate surface area is 83.6 Å². The molecule has 0 fully saturated rings. The van der Waals surface area contributed by atoms with Gasteiger partial charge in [-0.15, -0.1) is 11.3 Å². The van der Waals surface area contributed by atoms with Crippen LogP contribution in [0.4, 0.5) is 0 Å². The molecule has 0 amide bonds. The lowest BCUT2D eigenvalue weighted by atomic mass is 10.3. The van der Waals surface area contributed by atoms with Gasteiger partial charge in [-0.3, -0.25) is 0 Å². The molecule has 0 spiro atoms. The Bertz CT molecular complexity index is 408. The average molecular weight is 241 g/mol. The largest absolute Gasteiger partial charge is 0.241 e. The van der Waals surface area contributed by atoms with Crippen LogP contribution in [0.1, 0.15) is 5.01 Å². The predicted molar refractivity (Wildman–Crippen MR) is 56.4 cm³/mol. The van der Waals surface area contributed by atoms with E-state index in [1.807, 2.05) is 18.2 Å². The van der Waals surface area contributed by atoms with Crippen molar-refractivity contribution in [3.63, 3.8) is 0 Å². The van der Waals surface area contributed by atoms with Crippen molar-refractivity contribution in [3.05, 3.63) is 34.6 Å². The lowest BCUT2D eigenvalue weighted by Crippen LogP contribution is -1.73. The SMILES string of the molecule is [CH2]Cc1nc2cccc(Br)c2s1. The molecule has 3 heteroatoms. The van der Waals surface area contributed by atoms with Crippen LogP contribution in [0, 0.1) is 6.92 Å². The van der Waals surface area contributed by atoms with Crippen LogP contribution in [0.15, 0.2) is 22.7 Å². The Balaban J connectivity index is 2.74. The van der Waals surface area contributed by atoms with Gasteiger partial charge in [-0.1, -0.05) is 6.07 Å². The van der Waals surface area contributed by atoms with Crippen molar-refractivity contribution < 1.29 is 0 Å². The van der Waals surface area contributed by atoms with Crippen LogP contribution in [0.3, 0.4) is 0 Å². The average Bonchev–Trinajstić information content (AvgIpc) is 2.49. The first-order valence-electron chi connectivity index (χ1n) is 3.64. The number of rotatable bonds is 1. The fourth-order valence-corrected chi connectivity index (χ4v) is 2.53. The third kappa shape index (κ3) is 1.27. The number of nitrogens with zero attached hydrogens (tertiary/aromatic N) is 1. The molecule has 0 aliphatic carbocycles. The number of halogens is 1. The van der Waals surface area contributed by atoms with E-state index in [2.05, 4.69) is 27.8 Å². The molecule has 2 rings (SSSR count). The Morgan fingerprint density at radius 3 is 3.00 bits per heavy atom. The summed E-state index contributed by atoms with van der Waals surface area (Å²) >= 11 is 5.19. The molecule has 61 valence electrons. The molecule has 1 aromatic carbocycles. The lowest BCUT2D eigenvalue weighted by Gasteiger charge is -1.88. The zero-order chi connectivity index (χ0) is 8.55. The molecule has 0 saturated heterocycles. The highest BCUT2D eigenvalue weighted by Crippen LogP contribution is 2.29. The van der Waals surface area contributed by atoms with Crippen LogP contribution in [0.2, 0.25) is 0 Å². The van der Waals surface area contributed by atoms with Gasteiger partial charge in [-0.05, 0) is 41.4 Å². The summed E-state index contributed by atoms with van der Waals surface area (Å²) in [4.78, 5) is 4.42. The summed E-state index contributed by atoms with van der Waals surface area (Å²) in [6.45, 7) is 3.81. The summed E-state index contributed by atoms with van der Waals surface area (Å²) < 4.78 is 2.34.